The largest absolute Gasteiger partial charge is 0.393 e. The highest BCUT2D eigenvalue weighted by Gasteiger charge is 2.73. The van der Waals surface area contributed by atoms with Crippen molar-refractivity contribution < 1.29 is 25.2 Å². The Morgan fingerprint density at radius 1 is 0.800 bits per heavy atom. The molecule has 1 heterocycles. The van der Waals surface area contributed by atoms with E-state index in [1.807, 2.05) is 13.8 Å². The maximum atomic E-state index is 11.9. The summed E-state index contributed by atoms with van der Waals surface area (Å²) in [6.07, 6.45) is 5.61. The van der Waals surface area contributed by atoms with Crippen LogP contribution in [0.15, 0.2) is 0 Å². The van der Waals surface area contributed by atoms with Crippen LogP contribution in [0, 0.1) is 45.3 Å². The van der Waals surface area contributed by atoms with E-state index in [0.717, 1.165) is 51.4 Å². The van der Waals surface area contributed by atoms with Crippen LogP contribution in [-0.4, -0.2) is 56.0 Å². The molecule has 0 aromatic heterocycles. The Morgan fingerprint density at radius 3 is 2.06 bits per heavy atom. The second kappa shape index (κ2) is 7.68. The Balaban J connectivity index is 1.51. The quantitative estimate of drug-likeness (QED) is 0.449. The number of aliphatic hydroxyl groups excluding tert-OH is 3. The van der Waals surface area contributed by atoms with Crippen molar-refractivity contribution in [2.45, 2.75) is 142 Å². The van der Waals surface area contributed by atoms with Crippen LogP contribution in [0.2, 0.25) is 0 Å². The summed E-state index contributed by atoms with van der Waals surface area (Å²) in [5, 5.41) is 45.2. The van der Waals surface area contributed by atoms with Gasteiger partial charge < -0.3 is 25.2 Å². The van der Waals surface area contributed by atoms with Crippen LogP contribution in [0.25, 0.3) is 0 Å². The second-order valence-corrected chi connectivity index (χ2v) is 15.6. The fraction of sp³-hybridized carbons (Fsp3) is 1.00. The van der Waals surface area contributed by atoms with Gasteiger partial charge in [-0.3, -0.25) is 0 Å². The van der Waals surface area contributed by atoms with Gasteiger partial charge in [0.25, 0.3) is 0 Å². The SMILES string of the molecule is CC(C)(O)[C@H]1CC[C@@](C)(C2CC[C@]3(C)C2[C@H](O)CC2[C@@]4(C)CC[C@H](O)C(C)(C)C4[C@H](O)C[C@]23C)O1. The molecule has 1 aliphatic heterocycles. The topological polar surface area (TPSA) is 90.2 Å². The zero-order valence-electron chi connectivity index (χ0n) is 23.5. The van der Waals surface area contributed by atoms with Crippen molar-refractivity contribution in [3.63, 3.8) is 0 Å². The van der Waals surface area contributed by atoms with Crippen LogP contribution in [0.4, 0.5) is 0 Å². The maximum absolute atomic E-state index is 11.9. The maximum Gasteiger partial charge on any atom is 0.0865 e. The van der Waals surface area contributed by atoms with Gasteiger partial charge in [-0.25, -0.2) is 0 Å². The molecule has 0 radical (unpaired) electrons. The van der Waals surface area contributed by atoms with Crippen LogP contribution in [0.3, 0.4) is 0 Å². The van der Waals surface area contributed by atoms with E-state index in [2.05, 4.69) is 41.5 Å². The number of rotatable bonds is 2. The highest BCUT2D eigenvalue weighted by molar-refractivity contribution is 5.22. The van der Waals surface area contributed by atoms with Gasteiger partial charge in [0.2, 0.25) is 0 Å². The molecule has 202 valence electrons. The van der Waals surface area contributed by atoms with Gasteiger partial charge in [-0.1, -0.05) is 34.6 Å². The van der Waals surface area contributed by atoms with Crippen molar-refractivity contribution in [1.29, 1.82) is 0 Å². The molecule has 5 heteroatoms. The summed E-state index contributed by atoms with van der Waals surface area (Å²) < 4.78 is 6.64. The molecule has 5 nitrogen and oxygen atoms in total. The average molecular weight is 493 g/mol. The van der Waals surface area contributed by atoms with E-state index in [1.54, 1.807) is 0 Å². The summed E-state index contributed by atoms with van der Waals surface area (Å²) >= 11 is 0. The van der Waals surface area contributed by atoms with Gasteiger partial charge in [0, 0.05) is 0 Å². The molecule has 4 N–H and O–H groups in total. The summed E-state index contributed by atoms with van der Waals surface area (Å²) in [6.45, 7) is 17.3. The summed E-state index contributed by atoms with van der Waals surface area (Å²) in [5.41, 5.74) is -1.83. The van der Waals surface area contributed by atoms with E-state index in [-0.39, 0.29) is 51.1 Å². The lowest BCUT2D eigenvalue weighted by Crippen LogP contribution is -2.69. The smallest absolute Gasteiger partial charge is 0.0865 e. The van der Waals surface area contributed by atoms with Crippen molar-refractivity contribution in [3.05, 3.63) is 0 Å². The van der Waals surface area contributed by atoms with Crippen molar-refractivity contribution >= 4 is 0 Å². The molecule has 4 aliphatic carbocycles. The van der Waals surface area contributed by atoms with E-state index in [4.69, 9.17) is 4.74 Å². The van der Waals surface area contributed by atoms with E-state index in [9.17, 15) is 20.4 Å². The average Bonchev–Trinajstić information content (AvgIpc) is 3.30. The molecule has 0 aromatic carbocycles. The molecule has 0 bridgehead atoms. The number of fused-ring (bicyclic) bond motifs is 5. The minimum atomic E-state index is -0.864. The summed E-state index contributed by atoms with van der Waals surface area (Å²) in [6, 6.07) is 0. The van der Waals surface area contributed by atoms with Crippen LogP contribution >= 0.6 is 0 Å². The zero-order chi connectivity index (χ0) is 26.0. The number of hydrogen-bond acceptors (Lipinski definition) is 5. The van der Waals surface area contributed by atoms with Gasteiger partial charge in [-0.05, 0) is 117 Å². The van der Waals surface area contributed by atoms with Crippen LogP contribution in [0.5, 0.6) is 0 Å². The van der Waals surface area contributed by atoms with E-state index in [0.29, 0.717) is 5.92 Å². The summed E-state index contributed by atoms with van der Waals surface area (Å²) in [4.78, 5) is 0. The Bertz CT molecular complexity index is 850. The first kappa shape index (κ1) is 26.4. The molecule has 5 fully saturated rings. The molecule has 35 heavy (non-hydrogen) atoms. The summed E-state index contributed by atoms with van der Waals surface area (Å²) in [7, 11) is 0. The van der Waals surface area contributed by atoms with Crippen molar-refractivity contribution in [2.24, 2.45) is 45.3 Å². The first-order chi connectivity index (χ1) is 15.9. The monoisotopic (exact) mass is 492 g/mol. The first-order valence-electron chi connectivity index (χ1n) is 14.4. The Kier molecular flexibility index (Phi) is 5.80. The van der Waals surface area contributed by atoms with E-state index in [1.165, 1.54) is 0 Å². The normalized spacial score (nSPS) is 57.9. The molecule has 0 spiro atoms. The molecule has 0 amide bonds. The molecule has 5 rings (SSSR count). The number of aliphatic hydroxyl groups is 4. The lowest BCUT2D eigenvalue weighted by molar-refractivity contribution is -0.275. The van der Waals surface area contributed by atoms with Crippen molar-refractivity contribution in [2.75, 3.05) is 0 Å². The number of ether oxygens (including phenoxy) is 1. The predicted octanol–water partition coefficient (Wildman–Crippen LogP) is 4.68. The highest BCUT2D eigenvalue weighted by Crippen LogP contribution is 2.76. The minimum absolute atomic E-state index is 0.0320. The molecule has 4 unspecified atom stereocenters. The van der Waals surface area contributed by atoms with Gasteiger partial charge in [-0.2, -0.15) is 0 Å². The fourth-order valence-corrected chi connectivity index (χ4v) is 11.3. The third-order valence-electron chi connectivity index (χ3n) is 13.1. The lowest BCUT2D eigenvalue weighted by Gasteiger charge is -2.71. The van der Waals surface area contributed by atoms with Crippen LogP contribution in [-0.2, 0) is 4.74 Å². The molecular formula is C30H52O5. The third-order valence-corrected chi connectivity index (χ3v) is 13.1. The molecule has 0 aromatic rings. The molecule has 5 aliphatic rings. The van der Waals surface area contributed by atoms with Gasteiger partial charge in [0.15, 0.2) is 0 Å². The van der Waals surface area contributed by atoms with Gasteiger partial charge >= 0.3 is 0 Å². The highest BCUT2D eigenvalue weighted by atomic mass is 16.5. The predicted molar refractivity (Wildman–Crippen MR) is 137 cm³/mol. The van der Waals surface area contributed by atoms with E-state index >= 15 is 0 Å². The van der Waals surface area contributed by atoms with Crippen molar-refractivity contribution in [1.82, 2.24) is 0 Å². The second-order valence-electron chi connectivity index (χ2n) is 15.6. The van der Waals surface area contributed by atoms with Gasteiger partial charge in [0.05, 0.1) is 35.6 Å². The Labute approximate surface area is 213 Å². The van der Waals surface area contributed by atoms with Crippen LogP contribution in [0.1, 0.15) is 107 Å². The van der Waals surface area contributed by atoms with Gasteiger partial charge in [0.1, 0.15) is 0 Å². The first-order valence-corrected chi connectivity index (χ1v) is 14.4. The Hall–Kier alpha value is -0.200. The Morgan fingerprint density at radius 2 is 1.46 bits per heavy atom. The molecule has 12 atom stereocenters. The number of hydrogen-bond donors (Lipinski definition) is 4. The van der Waals surface area contributed by atoms with E-state index < -0.39 is 23.9 Å². The molecular weight excluding hydrogens is 440 g/mol. The standard InChI is InChI=1S/C30H52O5/c1-25(2)21(33)10-12-27(5)20-15-18(31)23-17(30(8)14-11-22(35-30)26(3,4)34)9-13-28(23,6)29(20,7)16-19(32)24(25)27/h17-24,31-34H,9-16H2,1-8H3/t17?,18-,19-,20?,21+,22-,23?,24?,27-,28-,29-,30+/m1/s1. The zero-order valence-corrected chi connectivity index (χ0v) is 23.5. The summed E-state index contributed by atoms with van der Waals surface area (Å²) in [5.74, 6) is 0.722. The van der Waals surface area contributed by atoms with Crippen LogP contribution < -0.4 is 0 Å². The van der Waals surface area contributed by atoms with Gasteiger partial charge in [-0.15, -0.1) is 0 Å². The third kappa shape index (κ3) is 3.36. The minimum Gasteiger partial charge on any atom is -0.393 e. The molecule has 4 saturated carbocycles. The van der Waals surface area contributed by atoms with Crippen molar-refractivity contribution in [3.8, 4) is 0 Å². The fourth-order valence-electron chi connectivity index (χ4n) is 11.3. The molecule has 1 saturated heterocycles. The lowest BCUT2D eigenvalue weighted by atomic mass is 9.34.